The standard InChI is InChI=1S/C21H23N5/c1-14-8-21(23-13-22-14)26-11-16-9-25(10-17(16)12-26)20-7-15(2)24-19-6-4-3-5-18(19)20/h3-8,13,16-17H,9-12H2,1-2H3. The first-order valence-corrected chi connectivity index (χ1v) is 9.32. The lowest BCUT2D eigenvalue weighted by Gasteiger charge is -2.25. The predicted octanol–water partition coefficient (Wildman–Crippen LogP) is 3.21. The Morgan fingerprint density at radius 3 is 2.35 bits per heavy atom. The van der Waals surface area contributed by atoms with Gasteiger partial charge in [0.15, 0.2) is 0 Å². The minimum Gasteiger partial charge on any atom is -0.370 e. The van der Waals surface area contributed by atoms with Crippen LogP contribution >= 0.6 is 0 Å². The number of hydrogen-bond donors (Lipinski definition) is 0. The van der Waals surface area contributed by atoms with Gasteiger partial charge in [-0.2, -0.15) is 0 Å². The van der Waals surface area contributed by atoms with E-state index >= 15 is 0 Å². The SMILES string of the molecule is Cc1cc(N2CC3CN(c4cc(C)nc5ccccc45)CC3C2)ncn1. The minimum absolute atomic E-state index is 0.692. The molecule has 5 nitrogen and oxygen atoms in total. The largest absolute Gasteiger partial charge is 0.370 e. The Labute approximate surface area is 153 Å². The molecule has 0 bridgehead atoms. The average molecular weight is 345 g/mol. The van der Waals surface area contributed by atoms with Crippen LogP contribution in [0.2, 0.25) is 0 Å². The zero-order valence-corrected chi connectivity index (χ0v) is 15.3. The number of aryl methyl sites for hydroxylation is 2. The molecule has 5 rings (SSSR count). The van der Waals surface area contributed by atoms with Gasteiger partial charge in [0.2, 0.25) is 0 Å². The molecule has 3 aromatic rings. The summed E-state index contributed by atoms with van der Waals surface area (Å²) in [5, 5.41) is 1.27. The lowest BCUT2D eigenvalue weighted by Crippen LogP contribution is -2.29. The summed E-state index contributed by atoms with van der Waals surface area (Å²) in [6, 6.07) is 12.8. The predicted molar refractivity (Wildman–Crippen MR) is 105 cm³/mol. The van der Waals surface area contributed by atoms with Gasteiger partial charge in [-0.15, -0.1) is 0 Å². The van der Waals surface area contributed by atoms with E-state index in [9.17, 15) is 0 Å². The minimum atomic E-state index is 0.692. The summed E-state index contributed by atoms with van der Waals surface area (Å²) >= 11 is 0. The van der Waals surface area contributed by atoms with Crippen molar-refractivity contribution >= 4 is 22.4 Å². The van der Waals surface area contributed by atoms with Crippen LogP contribution in [0.15, 0.2) is 42.7 Å². The highest BCUT2D eigenvalue weighted by atomic mass is 15.3. The van der Waals surface area contributed by atoms with Crippen molar-refractivity contribution in [3.8, 4) is 0 Å². The highest BCUT2D eigenvalue weighted by Crippen LogP contribution is 2.38. The second kappa shape index (κ2) is 5.94. The Balaban J connectivity index is 1.39. The van der Waals surface area contributed by atoms with Crippen molar-refractivity contribution in [3.05, 3.63) is 54.1 Å². The van der Waals surface area contributed by atoms with Crippen LogP contribution in [0.5, 0.6) is 0 Å². The Morgan fingerprint density at radius 2 is 1.58 bits per heavy atom. The number of pyridine rings is 1. The molecule has 0 aliphatic carbocycles. The maximum atomic E-state index is 4.69. The van der Waals surface area contributed by atoms with Gasteiger partial charge in [0.05, 0.1) is 5.52 Å². The van der Waals surface area contributed by atoms with Crippen molar-refractivity contribution in [3.63, 3.8) is 0 Å². The Kier molecular flexibility index (Phi) is 3.55. The molecule has 4 heterocycles. The van der Waals surface area contributed by atoms with E-state index in [-0.39, 0.29) is 0 Å². The first-order chi connectivity index (χ1) is 12.7. The highest BCUT2D eigenvalue weighted by Gasteiger charge is 2.40. The summed E-state index contributed by atoms with van der Waals surface area (Å²) in [6.07, 6.45) is 1.68. The molecule has 2 fully saturated rings. The first kappa shape index (κ1) is 15.6. The molecule has 0 saturated carbocycles. The smallest absolute Gasteiger partial charge is 0.132 e. The molecule has 2 aliphatic rings. The molecule has 1 aromatic carbocycles. The number of nitrogens with zero attached hydrogens (tertiary/aromatic N) is 5. The Hall–Kier alpha value is -2.69. The van der Waals surface area contributed by atoms with Crippen LogP contribution in [0.4, 0.5) is 11.5 Å². The second-order valence-corrected chi connectivity index (χ2v) is 7.65. The topological polar surface area (TPSA) is 45.2 Å². The van der Waals surface area contributed by atoms with Crippen LogP contribution in [-0.4, -0.2) is 41.1 Å². The third-order valence-electron chi connectivity index (χ3n) is 5.76. The molecule has 2 saturated heterocycles. The summed E-state index contributed by atoms with van der Waals surface area (Å²) in [6.45, 7) is 8.50. The van der Waals surface area contributed by atoms with E-state index in [1.165, 1.54) is 11.1 Å². The molecule has 0 radical (unpaired) electrons. The van der Waals surface area contributed by atoms with E-state index < -0.39 is 0 Å². The summed E-state index contributed by atoms with van der Waals surface area (Å²) in [5.74, 6) is 2.46. The van der Waals surface area contributed by atoms with Gasteiger partial charge in [0.1, 0.15) is 12.1 Å². The third kappa shape index (κ3) is 2.59. The number of rotatable bonds is 2. The van der Waals surface area contributed by atoms with Gasteiger partial charge in [-0.3, -0.25) is 4.98 Å². The number of fused-ring (bicyclic) bond motifs is 2. The van der Waals surface area contributed by atoms with Gasteiger partial charge in [-0.05, 0) is 26.0 Å². The highest BCUT2D eigenvalue weighted by molar-refractivity contribution is 5.92. The normalized spacial score (nSPS) is 22.2. The van der Waals surface area contributed by atoms with E-state index in [1.807, 2.05) is 6.92 Å². The molecule has 132 valence electrons. The van der Waals surface area contributed by atoms with Gasteiger partial charge in [0.25, 0.3) is 0 Å². The van der Waals surface area contributed by atoms with Crippen molar-refractivity contribution < 1.29 is 0 Å². The molecule has 2 aliphatic heterocycles. The van der Waals surface area contributed by atoms with Crippen LogP contribution in [0.25, 0.3) is 10.9 Å². The number of para-hydroxylation sites is 1. The van der Waals surface area contributed by atoms with E-state index in [4.69, 9.17) is 4.98 Å². The number of anilines is 2. The maximum absolute atomic E-state index is 4.69. The summed E-state index contributed by atoms with van der Waals surface area (Å²) in [7, 11) is 0. The van der Waals surface area contributed by atoms with Crippen LogP contribution in [0.3, 0.4) is 0 Å². The molecule has 26 heavy (non-hydrogen) atoms. The fraction of sp³-hybridized carbons (Fsp3) is 0.381. The zero-order chi connectivity index (χ0) is 17.7. The molecule has 5 heteroatoms. The van der Waals surface area contributed by atoms with Crippen molar-refractivity contribution in [2.45, 2.75) is 13.8 Å². The van der Waals surface area contributed by atoms with Crippen molar-refractivity contribution in [2.75, 3.05) is 36.0 Å². The fourth-order valence-corrected chi connectivity index (χ4v) is 4.54. The molecule has 0 amide bonds. The van der Waals surface area contributed by atoms with Crippen LogP contribution in [-0.2, 0) is 0 Å². The van der Waals surface area contributed by atoms with E-state index in [0.717, 1.165) is 48.9 Å². The van der Waals surface area contributed by atoms with Crippen LogP contribution < -0.4 is 9.80 Å². The molecular formula is C21H23N5. The monoisotopic (exact) mass is 345 g/mol. The summed E-state index contributed by atoms with van der Waals surface area (Å²) in [5.41, 5.74) is 4.56. The molecule has 0 spiro atoms. The Bertz CT molecular complexity index is 956. The van der Waals surface area contributed by atoms with Crippen molar-refractivity contribution in [1.82, 2.24) is 15.0 Å². The average Bonchev–Trinajstić information content (AvgIpc) is 3.20. The van der Waals surface area contributed by atoms with Crippen molar-refractivity contribution in [1.29, 1.82) is 0 Å². The van der Waals surface area contributed by atoms with E-state index in [1.54, 1.807) is 6.33 Å². The van der Waals surface area contributed by atoms with Crippen LogP contribution in [0.1, 0.15) is 11.4 Å². The fourth-order valence-electron chi connectivity index (χ4n) is 4.54. The number of aromatic nitrogens is 3. The lowest BCUT2D eigenvalue weighted by molar-refractivity contribution is 0.533. The van der Waals surface area contributed by atoms with E-state index in [2.05, 4.69) is 63.1 Å². The van der Waals surface area contributed by atoms with Crippen LogP contribution in [0, 0.1) is 25.7 Å². The van der Waals surface area contributed by atoms with Crippen molar-refractivity contribution in [2.24, 2.45) is 11.8 Å². The summed E-state index contributed by atoms with van der Waals surface area (Å²) < 4.78 is 0. The first-order valence-electron chi connectivity index (χ1n) is 9.32. The molecule has 2 aromatic heterocycles. The van der Waals surface area contributed by atoms with Gasteiger partial charge in [-0.1, -0.05) is 18.2 Å². The Morgan fingerprint density at radius 1 is 0.846 bits per heavy atom. The van der Waals surface area contributed by atoms with E-state index in [0.29, 0.717) is 11.8 Å². The third-order valence-corrected chi connectivity index (χ3v) is 5.76. The quantitative estimate of drug-likeness (QED) is 0.714. The summed E-state index contributed by atoms with van der Waals surface area (Å²) in [4.78, 5) is 18.4. The van der Waals surface area contributed by atoms with Gasteiger partial charge in [-0.25, -0.2) is 9.97 Å². The molecule has 0 N–H and O–H groups in total. The molecule has 2 atom stereocenters. The van der Waals surface area contributed by atoms with Gasteiger partial charge in [0, 0.05) is 66.5 Å². The van der Waals surface area contributed by atoms with Gasteiger partial charge >= 0.3 is 0 Å². The number of hydrogen-bond acceptors (Lipinski definition) is 5. The lowest BCUT2D eigenvalue weighted by atomic mass is 10.0. The van der Waals surface area contributed by atoms with Gasteiger partial charge < -0.3 is 9.80 Å². The molecule has 2 unspecified atom stereocenters. The maximum Gasteiger partial charge on any atom is 0.132 e. The second-order valence-electron chi connectivity index (χ2n) is 7.65. The molecular weight excluding hydrogens is 322 g/mol. The zero-order valence-electron chi connectivity index (χ0n) is 15.3. The number of benzene rings is 1.